The molecule has 0 radical (unpaired) electrons. The van der Waals surface area contributed by atoms with Crippen molar-refractivity contribution >= 4 is 17.3 Å². The van der Waals surface area contributed by atoms with Crippen molar-refractivity contribution in [1.29, 1.82) is 0 Å². The van der Waals surface area contributed by atoms with E-state index in [-0.39, 0.29) is 23.8 Å². The summed E-state index contributed by atoms with van der Waals surface area (Å²) in [5.41, 5.74) is -0.877. The number of carbonyl (C=O) groups is 3. The highest BCUT2D eigenvalue weighted by molar-refractivity contribution is 6.04. The summed E-state index contributed by atoms with van der Waals surface area (Å²) in [5, 5.41) is 2.79. The summed E-state index contributed by atoms with van der Waals surface area (Å²) in [6, 6.07) is -0.450. The molecule has 0 aromatic carbocycles. The number of carbonyl (C=O) groups excluding carboxylic acids is 3. The predicted molar refractivity (Wildman–Crippen MR) is 46.3 cm³/mol. The van der Waals surface area contributed by atoms with Crippen molar-refractivity contribution in [3.05, 3.63) is 0 Å². The first-order chi connectivity index (χ1) is 5.90. The summed E-state index contributed by atoms with van der Waals surface area (Å²) in [6.07, 6.45) is 0.118. The van der Waals surface area contributed by atoms with Gasteiger partial charge in [-0.1, -0.05) is 0 Å². The highest BCUT2D eigenvalue weighted by atomic mass is 16.2. The Morgan fingerprint density at radius 1 is 1.23 bits per heavy atom. The second kappa shape index (κ2) is 3.03. The maximum atomic E-state index is 11.2. The van der Waals surface area contributed by atoms with Gasteiger partial charge in [-0.2, -0.15) is 0 Å². The number of nitrogens with one attached hydrogen (secondary N) is 1. The molecule has 0 spiro atoms. The van der Waals surface area contributed by atoms with Crippen LogP contribution in [0.25, 0.3) is 0 Å². The van der Waals surface area contributed by atoms with E-state index in [2.05, 4.69) is 5.32 Å². The van der Waals surface area contributed by atoms with Gasteiger partial charge in [-0.15, -0.1) is 0 Å². The molecule has 0 saturated carbocycles. The third-order valence-electron chi connectivity index (χ3n) is 2.37. The van der Waals surface area contributed by atoms with Gasteiger partial charge in [-0.25, -0.2) is 0 Å². The highest BCUT2D eigenvalue weighted by Crippen LogP contribution is 2.32. The highest BCUT2D eigenvalue weighted by Gasteiger charge is 2.60. The molecular weight excluding hydrogens is 170 g/mol. The first-order valence-electron chi connectivity index (χ1n) is 4.19. The lowest BCUT2D eigenvalue weighted by molar-refractivity contribution is -0.125. The molecular formula is C9H13NO3. The molecule has 2 unspecified atom stereocenters. The summed E-state index contributed by atoms with van der Waals surface area (Å²) >= 11 is 0. The SMILES string of the molecule is CC(=O)CC1(C(C)=O)NC1C(C)=O. The minimum atomic E-state index is -0.877. The maximum absolute atomic E-state index is 11.2. The summed E-state index contributed by atoms with van der Waals surface area (Å²) < 4.78 is 0. The lowest BCUT2D eigenvalue weighted by atomic mass is 9.93. The van der Waals surface area contributed by atoms with Crippen molar-refractivity contribution in [2.24, 2.45) is 0 Å². The topological polar surface area (TPSA) is 73.2 Å². The molecule has 4 nitrogen and oxygen atoms in total. The Kier molecular flexibility index (Phi) is 2.34. The first-order valence-corrected chi connectivity index (χ1v) is 4.19. The van der Waals surface area contributed by atoms with Crippen molar-refractivity contribution in [3.63, 3.8) is 0 Å². The molecule has 4 heteroatoms. The number of hydrogen-bond donors (Lipinski definition) is 1. The van der Waals surface area contributed by atoms with E-state index in [4.69, 9.17) is 0 Å². The van der Waals surface area contributed by atoms with Gasteiger partial charge in [0.1, 0.15) is 17.1 Å². The molecule has 1 aliphatic heterocycles. The van der Waals surface area contributed by atoms with Crippen LogP contribution in [0.4, 0.5) is 0 Å². The molecule has 1 aliphatic rings. The molecule has 0 amide bonds. The van der Waals surface area contributed by atoms with Gasteiger partial charge < -0.3 is 0 Å². The third kappa shape index (κ3) is 1.67. The Morgan fingerprint density at radius 3 is 2.00 bits per heavy atom. The Balaban J connectivity index is 2.77. The molecule has 72 valence electrons. The van der Waals surface area contributed by atoms with E-state index < -0.39 is 11.6 Å². The van der Waals surface area contributed by atoms with E-state index >= 15 is 0 Å². The molecule has 1 N–H and O–H groups in total. The summed E-state index contributed by atoms with van der Waals surface area (Å²) in [7, 11) is 0. The predicted octanol–water partition coefficient (Wildman–Crippen LogP) is -0.146. The molecule has 13 heavy (non-hydrogen) atoms. The van der Waals surface area contributed by atoms with E-state index in [9.17, 15) is 14.4 Å². The van der Waals surface area contributed by atoms with Crippen LogP contribution in [0.3, 0.4) is 0 Å². The van der Waals surface area contributed by atoms with Crippen LogP contribution in [0.5, 0.6) is 0 Å². The Labute approximate surface area is 76.7 Å². The van der Waals surface area contributed by atoms with Gasteiger partial charge in [0.25, 0.3) is 0 Å². The van der Waals surface area contributed by atoms with Gasteiger partial charge in [0.2, 0.25) is 0 Å². The number of hydrogen-bond acceptors (Lipinski definition) is 4. The molecule has 1 fully saturated rings. The zero-order valence-corrected chi connectivity index (χ0v) is 8.01. The van der Waals surface area contributed by atoms with E-state index in [0.717, 1.165) is 0 Å². The largest absolute Gasteiger partial charge is 0.300 e. The Bertz CT molecular complexity index is 285. The third-order valence-corrected chi connectivity index (χ3v) is 2.37. The zero-order chi connectivity index (χ0) is 10.2. The quantitative estimate of drug-likeness (QED) is 0.615. The van der Waals surface area contributed by atoms with Gasteiger partial charge >= 0.3 is 0 Å². The summed E-state index contributed by atoms with van der Waals surface area (Å²) in [5.74, 6) is -0.300. The lowest BCUT2D eigenvalue weighted by Gasteiger charge is -2.07. The van der Waals surface area contributed by atoms with E-state index in [1.807, 2.05) is 0 Å². The second-order valence-corrected chi connectivity index (χ2v) is 3.59. The van der Waals surface area contributed by atoms with Crippen LogP contribution in [0.1, 0.15) is 27.2 Å². The smallest absolute Gasteiger partial charge is 0.152 e. The van der Waals surface area contributed by atoms with E-state index in [1.165, 1.54) is 20.8 Å². The standard InChI is InChI=1S/C9H13NO3/c1-5(11)4-9(7(3)13)8(10-9)6(2)12/h8,10H,4H2,1-3H3. The van der Waals surface area contributed by atoms with Crippen LogP contribution < -0.4 is 5.32 Å². The van der Waals surface area contributed by atoms with Gasteiger partial charge in [0.05, 0.1) is 6.04 Å². The monoisotopic (exact) mass is 183 g/mol. The molecule has 2 atom stereocenters. The molecule has 0 bridgehead atoms. The van der Waals surface area contributed by atoms with Crippen LogP contribution in [-0.4, -0.2) is 28.9 Å². The molecule has 0 aliphatic carbocycles. The van der Waals surface area contributed by atoms with Crippen molar-refractivity contribution in [2.75, 3.05) is 0 Å². The van der Waals surface area contributed by atoms with Crippen molar-refractivity contribution in [3.8, 4) is 0 Å². The van der Waals surface area contributed by atoms with Gasteiger partial charge in [0, 0.05) is 6.42 Å². The summed E-state index contributed by atoms with van der Waals surface area (Å²) in [6.45, 7) is 4.24. The Morgan fingerprint density at radius 2 is 1.77 bits per heavy atom. The molecule has 0 aromatic heterocycles. The number of rotatable bonds is 4. The fourth-order valence-electron chi connectivity index (χ4n) is 1.64. The minimum absolute atomic E-state index is 0.0774. The molecule has 0 aromatic rings. The average Bonchev–Trinajstić information content (AvgIpc) is 2.62. The Hall–Kier alpha value is -1.03. The van der Waals surface area contributed by atoms with E-state index in [1.54, 1.807) is 0 Å². The van der Waals surface area contributed by atoms with Crippen LogP contribution in [-0.2, 0) is 14.4 Å². The van der Waals surface area contributed by atoms with Crippen LogP contribution >= 0.6 is 0 Å². The average molecular weight is 183 g/mol. The lowest BCUT2D eigenvalue weighted by Crippen LogP contribution is -2.31. The summed E-state index contributed by atoms with van der Waals surface area (Å²) in [4.78, 5) is 33.1. The number of Topliss-reactive ketones (excluding diaryl/α,β-unsaturated/α-hetero) is 3. The van der Waals surface area contributed by atoms with Crippen molar-refractivity contribution < 1.29 is 14.4 Å². The molecule has 1 saturated heterocycles. The van der Waals surface area contributed by atoms with Crippen LogP contribution in [0.2, 0.25) is 0 Å². The molecule has 1 heterocycles. The normalized spacial score (nSPS) is 31.2. The van der Waals surface area contributed by atoms with Crippen molar-refractivity contribution in [2.45, 2.75) is 38.8 Å². The minimum Gasteiger partial charge on any atom is -0.300 e. The van der Waals surface area contributed by atoms with Crippen LogP contribution in [0.15, 0.2) is 0 Å². The second-order valence-electron chi connectivity index (χ2n) is 3.59. The fourth-order valence-corrected chi connectivity index (χ4v) is 1.64. The van der Waals surface area contributed by atoms with Gasteiger partial charge in [-0.05, 0) is 20.8 Å². The van der Waals surface area contributed by atoms with Crippen LogP contribution in [0, 0.1) is 0 Å². The van der Waals surface area contributed by atoms with Gasteiger partial charge in [-0.3, -0.25) is 19.7 Å². The number of ketones is 3. The first kappa shape index (κ1) is 10.1. The van der Waals surface area contributed by atoms with Crippen molar-refractivity contribution in [1.82, 2.24) is 5.32 Å². The fraction of sp³-hybridized carbons (Fsp3) is 0.667. The maximum Gasteiger partial charge on any atom is 0.152 e. The molecule has 1 rings (SSSR count). The van der Waals surface area contributed by atoms with Gasteiger partial charge in [0.15, 0.2) is 5.78 Å². The van der Waals surface area contributed by atoms with E-state index in [0.29, 0.717) is 0 Å². The zero-order valence-electron chi connectivity index (χ0n) is 8.01.